The van der Waals surface area contributed by atoms with Crippen LogP contribution in [0.5, 0.6) is 0 Å². The summed E-state index contributed by atoms with van der Waals surface area (Å²) in [6, 6.07) is 9.81. The number of hydrogen-bond donors (Lipinski definition) is 1. The predicted octanol–water partition coefficient (Wildman–Crippen LogP) is 0.652. The summed E-state index contributed by atoms with van der Waals surface area (Å²) >= 11 is 0. The lowest BCUT2D eigenvalue weighted by atomic mass is 10.1. The highest BCUT2D eigenvalue weighted by Gasteiger charge is 2.37. The van der Waals surface area contributed by atoms with Crippen LogP contribution in [0.3, 0.4) is 0 Å². The summed E-state index contributed by atoms with van der Waals surface area (Å²) < 4.78 is 49.6. The maximum Gasteiger partial charge on any atom is 0.265 e. The molecule has 2 aliphatic heterocycles. The van der Waals surface area contributed by atoms with Gasteiger partial charge in [0.2, 0.25) is 5.91 Å². The standard InChI is InChI=1S/C16H16N2O5S2/c19-15(17-12-7-8-24(20,21)10-12)9-18-13-5-1-3-11-4-2-6-14(16(11)13)25(18,22)23/h1-6,12H,7-10H2,(H,17,19)/t12-/m1/s1. The van der Waals surface area contributed by atoms with E-state index in [4.69, 9.17) is 0 Å². The summed E-state index contributed by atoms with van der Waals surface area (Å²) in [5, 5.41) is 4.04. The summed E-state index contributed by atoms with van der Waals surface area (Å²) in [5.74, 6) is -0.554. The van der Waals surface area contributed by atoms with Gasteiger partial charge in [-0.2, -0.15) is 0 Å². The topological polar surface area (TPSA) is 101 Å². The van der Waals surface area contributed by atoms with Crippen molar-refractivity contribution in [3.63, 3.8) is 0 Å². The number of carbonyl (C=O) groups excluding carboxylic acids is 1. The third-order valence-corrected chi connectivity index (χ3v) is 8.14. The molecule has 1 amide bonds. The monoisotopic (exact) mass is 380 g/mol. The van der Waals surface area contributed by atoms with E-state index < -0.39 is 31.8 Å². The lowest BCUT2D eigenvalue weighted by Crippen LogP contribution is -2.43. The minimum atomic E-state index is -3.80. The van der Waals surface area contributed by atoms with Gasteiger partial charge in [0.05, 0.1) is 22.1 Å². The van der Waals surface area contributed by atoms with Crippen molar-refractivity contribution in [2.45, 2.75) is 17.4 Å². The van der Waals surface area contributed by atoms with Crippen molar-refractivity contribution in [2.24, 2.45) is 0 Å². The quantitative estimate of drug-likeness (QED) is 0.843. The molecule has 1 saturated heterocycles. The van der Waals surface area contributed by atoms with Crippen molar-refractivity contribution < 1.29 is 21.6 Å². The van der Waals surface area contributed by atoms with Gasteiger partial charge in [0.15, 0.2) is 9.84 Å². The molecule has 1 atom stereocenters. The molecule has 132 valence electrons. The first-order chi connectivity index (χ1) is 11.8. The van der Waals surface area contributed by atoms with Gasteiger partial charge in [0, 0.05) is 11.4 Å². The fraction of sp³-hybridized carbons (Fsp3) is 0.312. The van der Waals surface area contributed by atoms with E-state index in [9.17, 15) is 21.6 Å². The van der Waals surface area contributed by atoms with Crippen LogP contribution < -0.4 is 9.62 Å². The minimum absolute atomic E-state index is 0.0463. The number of carbonyl (C=O) groups is 1. The minimum Gasteiger partial charge on any atom is -0.351 e. The van der Waals surface area contributed by atoms with Gasteiger partial charge in [-0.1, -0.05) is 24.3 Å². The summed E-state index contributed by atoms with van der Waals surface area (Å²) in [6.07, 6.45) is 0.358. The van der Waals surface area contributed by atoms with E-state index in [0.29, 0.717) is 17.5 Å². The molecule has 7 nitrogen and oxygen atoms in total. The van der Waals surface area contributed by atoms with E-state index >= 15 is 0 Å². The summed E-state index contributed by atoms with van der Waals surface area (Å²) in [4.78, 5) is 12.5. The molecule has 1 fully saturated rings. The van der Waals surface area contributed by atoms with Crippen LogP contribution in [0.4, 0.5) is 5.69 Å². The normalized spacial score (nSPS) is 23.0. The molecule has 2 heterocycles. The number of hydrogen-bond acceptors (Lipinski definition) is 5. The fourth-order valence-electron chi connectivity index (χ4n) is 3.44. The van der Waals surface area contributed by atoms with Gasteiger partial charge in [0.25, 0.3) is 10.0 Å². The highest BCUT2D eigenvalue weighted by atomic mass is 32.2. The Morgan fingerprint density at radius 2 is 1.84 bits per heavy atom. The van der Waals surface area contributed by atoms with Gasteiger partial charge in [-0.3, -0.25) is 9.10 Å². The van der Waals surface area contributed by atoms with Gasteiger partial charge in [-0.15, -0.1) is 0 Å². The molecule has 2 aliphatic rings. The van der Waals surface area contributed by atoms with Crippen molar-refractivity contribution >= 4 is 42.2 Å². The molecule has 0 saturated carbocycles. The maximum absolute atomic E-state index is 12.8. The van der Waals surface area contributed by atoms with Crippen LogP contribution >= 0.6 is 0 Å². The van der Waals surface area contributed by atoms with Crippen LogP contribution in [-0.4, -0.2) is 46.8 Å². The summed E-state index contributed by atoms with van der Waals surface area (Å²) in [7, 11) is -6.91. The number of anilines is 1. The number of nitrogens with one attached hydrogen (secondary N) is 1. The molecule has 2 aromatic rings. The molecule has 0 bridgehead atoms. The Kier molecular flexibility index (Phi) is 3.55. The number of rotatable bonds is 3. The second-order valence-corrected chi connectivity index (χ2v) is 10.4. The van der Waals surface area contributed by atoms with Gasteiger partial charge in [-0.25, -0.2) is 16.8 Å². The number of sulfone groups is 1. The lowest BCUT2D eigenvalue weighted by molar-refractivity contribution is -0.120. The average Bonchev–Trinajstić information content (AvgIpc) is 2.99. The second-order valence-electron chi connectivity index (χ2n) is 6.31. The van der Waals surface area contributed by atoms with Crippen LogP contribution in [0.25, 0.3) is 10.8 Å². The largest absolute Gasteiger partial charge is 0.351 e. The third kappa shape index (κ3) is 2.67. The molecule has 0 spiro atoms. The van der Waals surface area contributed by atoms with Crippen LogP contribution in [0.15, 0.2) is 41.3 Å². The van der Waals surface area contributed by atoms with Crippen LogP contribution in [0.2, 0.25) is 0 Å². The lowest BCUT2D eigenvalue weighted by Gasteiger charge is -2.19. The first-order valence-electron chi connectivity index (χ1n) is 7.82. The molecule has 0 unspecified atom stereocenters. The third-order valence-electron chi connectivity index (χ3n) is 4.57. The van der Waals surface area contributed by atoms with Gasteiger partial charge in [-0.05, 0) is 23.9 Å². The molecule has 1 N–H and O–H groups in total. The number of nitrogens with zero attached hydrogens (tertiary/aromatic N) is 1. The van der Waals surface area contributed by atoms with Crippen LogP contribution in [0, 0.1) is 0 Å². The Labute approximate surface area is 145 Å². The molecule has 25 heavy (non-hydrogen) atoms. The first kappa shape index (κ1) is 16.3. The van der Waals surface area contributed by atoms with Crippen LogP contribution in [-0.2, 0) is 24.7 Å². The molecule has 0 radical (unpaired) electrons. The molecule has 0 aliphatic carbocycles. The molecule has 4 rings (SSSR count). The Morgan fingerprint density at radius 3 is 2.52 bits per heavy atom. The summed E-state index contributed by atoms with van der Waals surface area (Å²) in [5.41, 5.74) is 0.474. The highest BCUT2D eigenvalue weighted by molar-refractivity contribution is 7.93. The van der Waals surface area contributed by atoms with Crippen molar-refractivity contribution in [2.75, 3.05) is 22.4 Å². The van der Waals surface area contributed by atoms with Crippen molar-refractivity contribution in [1.29, 1.82) is 0 Å². The first-order valence-corrected chi connectivity index (χ1v) is 11.1. The van der Waals surface area contributed by atoms with E-state index in [1.165, 1.54) is 6.07 Å². The maximum atomic E-state index is 12.8. The summed E-state index contributed by atoms with van der Waals surface area (Å²) in [6.45, 7) is -0.368. The molecule has 9 heteroatoms. The molecule has 0 aromatic heterocycles. The van der Waals surface area contributed by atoms with Gasteiger partial charge >= 0.3 is 0 Å². The molecule has 2 aromatic carbocycles. The van der Waals surface area contributed by atoms with Gasteiger partial charge in [0.1, 0.15) is 6.54 Å². The highest BCUT2D eigenvalue weighted by Crippen LogP contribution is 2.41. The average molecular weight is 380 g/mol. The van der Waals surface area contributed by atoms with E-state index in [0.717, 1.165) is 9.69 Å². The van der Waals surface area contributed by atoms with E-state index in [1.54, 1.807) is 18.2 Å². The number of amides is 1. The van der Waals surface area contributed by atoms with E-state index in [2.05, 4.69) is 5.32 Å². The second kappa shape index (κ2) is 5.43. The predicted molar refractivity (Wildman–Crippen MR) is 93.7 cm³/mol. The van der Waals surface area contributed by atoms with Crippen LogP contribution in [0.1, 0.15) is 6.42 Å². The number of benzene rings is 2. The molecular weight excluding hydrogens is 364 g/mol. The Bertz CT molecular complexity index is 1090. The van der Waals surface area contributed by atoms with Crippen molar-refractivity contribution in [1.82, 2.24) is 5.32 Å². The van der Waals surface area contributed by atoms with E-state index in [1.807, 2.05) is 12.1 Å². The fourth-order valence-corrected chi connectivity index (χ4v) is 6.78. The Hall–Kier alpha value is -2.13. The Morgan fingerprint density at radius 1 is 1.12 bits per heavy atom. The zero-order chi connectivity index (χ0) is 17.8. The van der Waals surface area contributed by atoms with Crippen molar-refractivity contribution in [3.05, 3.63) is 36.4 Å². The SMILES string of the molecule is O=C(CN1c2cccc3cccc(c23)S1(=O)=O)N[C@@H]1CCS(=O)(=O)C1. The smallest absolute Gasteiger partial charge is 0.265 e. The van der Waals surface area contributed by atoms with E-state index in [-0.39, 0.29) is 22.9 Å². The molecular formula is C16H16N2O5S2. The van der Waals surface area contributed by atoms with Gasteiger partial charge < -0.3 is 5.32 Å². The Balaban J connectivity index is 1.62. The van der Waals surface area contributed by atoms with Crippen molar-refractivity contribution in [3.8, 4) is 0 Å². The zero-order valence-electron chi connectivity index (χ0n) is 13.2. The number of sulfonamides is 1. The zero-order valence-corrected chi connectivity index (χ0v) is 14.8.